The van der Waals surface area contributed by atoms with Crippen molar-refractivity contribution in [1.29, 1.82) is 5.26 Å². The summed E-state index contributed by atoms with van der Waals surface area (Å²) in [6.45, 7) is 0.449. The zero-order valence-electron chi connectivity index (χ0n) is 12.2. The summed E-state index contributed by atoms with van der Waals surface area (Å²) in [6.07, 6.45) is 0. The van der Waals surface area contributed by atoms with Gasteiger partial charge in [0.05, 0.1) is 18.4 Å². The van der Waals surface area contributed by atoms with E-state index in [1.54, 1.807) is 30.3 Å². The first-order valence-electron chi connectivity index (χ1n) is 6.63. The van der Waals surface area contributed by atoms with Crippen LogP contribution in [-0.4, -0.2) is 18.9 Å². The van der Waals surface area contributed by atoms with Crippen LogP contribution in [0.15, 0.2) is 30.3 Å². The summed E-state index contributed by atoms with van der Waals surface area (Å²) in [4.78, 5) is 4.23. The van der Waals surface area contributed by atoms with Gasteiger partial charge in [-0.25, -0.2) is 4.98 Å². The molecule has 2 aromatic rings. The van der Waals surface area contributed by atoms with Gasteiger partial charge >= 0.3 is 0 Å². The number of halogens is 3. The van der Waals surface area contributed by atoms with Crippen LogP contribution in [0.3, 0.4) is 0 Å². The Morgan fingerprint density at radius 3 is 2.52 bits per heavy atom. The molecule has 0 amide bonds. The number of methoxy groups -OCH3 is 1. The number of hydrogen-bond donors (Lipinski definition) is 0. The molecule has 0 spiro atoms. The number of nitriles is 1. The second-order valence-electron chi connectivity index (χ2n) is 4.68. The molecule has 0 aliphatic heterocycles. The number of aromatic nitrogens is 1. The highest BCUT2D eigenvalue weighted by atomic mass is 35.5. The van der Waals surface area contributed by atoms with E-state index in [-0.39, 0.29) is 18.6 Å². The number of ether oxygens (including phenoxy) is 2. The lowest BCUT2D eigenvalue weighted by molar-refractivity contribution is -0.0391. The number of hydrogen-bond acceptors (Lipinski definition) is 4. The first-order valence-corrected chi connectivity index (χ1v) is 7.76. The Bertz CT molecular complexity index is 712. The van der Waals surface area contributed by atoms with Gasteiger partial charge in [-0.1, -0.05) is 40.9 Å². The van der Waals surface area contributed by atoms with Crippen molar-refractivity contribution in [2.24, 2.45) is 0 Å². The van der Waals surface area contributed by atoms with Crippen LogP contribution in [0.5, 0.6) is 0 Å². The average molecular weight is 372 g/mol. The third-order valence-electron chi connectivity index (χ3n) is 3.06. The van der Waals surface area contributed by atoms with E-state index in [2.05, 4.69) is 11.1 Å². The molecular weight excluding hydrogens is 359 g/mol. The van der Waals surface area contributed by atoms with E-state index in [0.29, 0.717) is 21.3 Å². The SMILES string of the molecule is COCOCc1cc(Cl)nc(C(C#N)c2c(Cl)cccc2Cl)c1. The highest BCUT2D eigenvalue weighted by molar-refractivity contribution is 6.36. The van der Waals surface area contributed by atoms with E-state index in [1.807, 2.05) is 0 Å². The van der Waals surface area contributed by atoms with Crippen molar-refractivity contribution in [3.63, 3.8) is 0 Å². The number of pyridine rings is 1. The largest absolute Gasteiger partial charge is 0.359 e. The van der Waals surface area contributed by atoms with E-state index < -0.39 is 5.92 Å². The summed E-state index contributed by atoms with van der Waals surface area (Å²) in [5, 5.41) is 10.7. The lowest BCUT2D eigenvalue weighted by atomic mass is 9.95. The van der Waals surface area contributed by atoms with Gasteiger partial charge in [-0.2, -0.15) is 5.26 Å². The molecule has 0 saturated heterocycles. The predicted molar refractivity (Wildman–Crippen MR) is 89.8 cm³/mol. The van der Waals surface area contributed by atoms with Gasteiger partial charge in [0.15, 0.2) is 0 Å². The number of rotatable bonds is 6. The van der Waals surface area contributed by atoms with E-state index in [1.165, 1.54) is 7.11 Å². The summed E-state index contributed by atoms with van der Waals surface area (Å²) in [6, 6.07) is 10.7. The van der Waals surface area contributed by atoms with Gasteiger partial charge in [0.1, 0.15) is 17.9 Å². The molecule has 0 radical (unpaired) electrons. The van der Waals surface area contributed by atoms with Crippen molar-refractivity contribution >= 4 is 34.8 Å². The minimum absolute atomic E-state index is 0.160. The van der Waals surface area contributed by atoms with Gasteiger partial charge < -0.3 is 9.47 Å². The van der Waals surface area contributed by atoms with Crippen LogP contribution in [0, 0.1) is 11.3 Å². The molecule has 0 aliphatic rings. The molecular formula is C16H13Cl3N2O2. The zero-order chi connectivity index (χ0) is 16.8. The fourth-order valence-electron chi connectivity index (χ4n) is 2.11. The Hall–Kier alpha value is -1.35. The van der Waals surface area contributed by atoms with Crippen LogP contribution < -0.4 is 0 Å². The third kappa shape index (κ3) is 4.57. The highest BCUT2D eigenvalue weighted by Gasteiger charge is 2.22. The topological polar surface area (TPSA) is 55.1 Å². The van der Waals surface area contributed by atoms with Crippen LogP contribution >= 0.6 is 34.8 Å². The lowest BCUT2D eigenvalue weighted by Gasteiger charge is -2.14. The van der Waals surface area contributed by atoms with E-state index >= 15 is 0 Å². The van der Waals surface area contributed by atoms with E-state index in [0.717, 1.165) is 5.56 Å². The number of benzene rings is 1. The Morgan fingerprint density at radius 1 is 1.22 bits per heavy atom. The molecule has 0 fully saturated rings. The standard InChI is InChI=1S/C16H13Cl3N2O2/c1-22-9-23-8-10-5-14(21-15(19)6-10)11(7-20)16-12(17)3-2-4-13(16)18/h2-6,11H,8-9H2,1H3. The molecule has 0 N–H and O–H groups in total. The molecule has 1 aromatic carbocycles. The van der Waals surface area contributed by atoms with Gasteiger partial charge in [-0.3, -0.25) is 0 Å². The molecule has 1 unspecified atom stereocenters. The van der Waals surface area contributed by atoms with E-state index in [4.69, 9.17) is 44.3 Å². The first-order chi connectivity index (χ1) is 11.1. The second-order valence-corrected chi connectivity index (χ2v) is 5.88. The molecule has 0 saturated carbocycles. The minimum Gasteiger partial charge on any atom is -0.359 e. The Morgan fingerprint density at radius 2 is 1.91 bits per heavy atom. The van der Waals surface area contributed by atoms with Crippen molar-refractivity contribution in [3.05, 3.63) is 62.4 Å². The molecule has 1 atom stereocenters. The van der Waals surface area contributed by atoms with Crippen LogP contribution in [-0.2, 0) is 16.1 Å². The van der Waals surface area contributed by atoms with Crippen LogP contribution in [0.4, 0.5) is 0 Å². The Kier molecular flexibility index (Phi) is 6.64. The fourth-order valence-corrected chi connectivity index (χ4v) is 2.97. The van der Waals surface area contributed by atoms with Crippen molar-refractivity contribution < 1.29 is 9.47 Å². The van der Waals surface area contributed by atoms with Crippen LogP contribution in [0.1, 0.15) is 22.7 Å². The fraction of sp³-hybridized carbons (Fsp3) is 0.250. The maximum atomic E-state index is 9.58. The van der Waals surface area contributed by atoms with Crippen molar-refractivity contribution in [2.45, 2.75) is 12.5 Å². The molecule has 7 heteroatoms. The second kappa shape index (κ2) is 8.49. The monoisotopic (exact) mass is 370 g/mol. The van der Waals surface area contributed by atoms with Crippen LogP contribution in [0.2, 0.25) is 15.2 Å². The maximum absolute atomic E-state index is 9.58. The summed E-state index contributed by atoms with van der Waals surface area (Å²) in [5.41, 5.74) is 1.75. The highest BCUT2D eigenvalue weighted by Crippen LogP contribution is 2.35. The molecule has 1 heterocycles. The average Bonchev–Trinajstić information content (AvgIpc) is 2.51. The lowest BCUT2D eigenvalue weighted by Crippen LogP contribution is -2.05. The molecule has 4 nitrogen and oxygen atoms in total. The summed E-state index contributed by atoms with van der Waals surface area (Å²) in [5.74, 6) is -0.726. The molecule has 0 bridgehead atoms. The summed E-state index contributed by atoms with van der Waals surface area (Å²) in [7, 11) is 1.54. The molecule has 120 valence electrons. The maximum Gasteiger partial charge on any atom is 0.146 e. The third-order valence-corrected chi connectivity index (χ3v) is 3.91. The zero-order valence-corrected chi connectivity index (χ0v) is 14.5. The molecule has 23 heavy (non-hydrogen) atoms. The molecule has 2 rings (SSSR count). The smallest absolute Gasteiger partial charge is 0.146 e. The van der Waals surface area contributed by atoms with Crippen LogP contribution in [0.25, 0.3) is 0 Å². The Balaban J connectivity index is 2.40. The normalized spacial score (nSPS) is 12.0. The summed E-state index contributed by atoms with van der Waals surface area (Å²) < 4.78 is 10.1. The molecule has 0 aliphatic carbocycles. The summed E-state index contributed by atoms with van der Waals surface area (Å²) >= 11 is 18.5. The van der Waals surface area contributed by atoms with E-state index in [9.17, 15) is 5.26 Å². The van der Waals surface area contributed by atoms with Crippen molar-refractivity contribution in [2.75, 3.05) is 13.9 Å². The van der Waals surface area contributed by atoms with Crippen molar-refractivity contribution in [3.8, 4) is 6.07 Å². The van der Waals surface area contributed by atoms with Gasteiger partial charge in [0.2, 0.25) is 0 Å². The molecule has 1 aromatic heterocycles. The predicted octanol–water partition coefficient (Wildman–Crippen LogP) is 4.82. The quantitative estimate of drug-likeness (QED) is 0.415. The minimum atomic E-state index is -0.726. The van der Waals surface area contributed by atoms with Gasteiger partial charge in [0.25, 0.3) is 0 Å². The Labute approximate surface area is 149 Å². The van der Waals surface area contributed by atoms with Gasteiger partial charge in [0, 0.05) is 22.7 Å². The van der Waals surface area contributed by atoms with Crippen molar-refractivity contribution in [1.82, 2.24) is 4.98 Å². The number of nitrogens with zero attached hydrogens (tertiary/aromatic N) is 2. The van der Waals surface area contributed by atoms with Gasteiger partial charge in [-0.05, 0) is 29.8 Å². The van der Waals surface area contributed by atoms with Gasteiger partial charge in [-0.15, -0.1) is 0 Å². The first kappa shape index (κ1) is 18.0.